The lowest BCUT2D eigenvalue weighted by molar-refractivity contribution is -0.141. The van der Waals surface area contributed by atoms with Gasteiger partial charge >= 0.3 is 5.97 Å². The number of halogens is 1. The Labute approximate surface area is 170 Å². The van der Waals surface area contributed by atoms with Crippen molar-refractivity contribution in [2.45, 2.75) is 13.2 Å². The zero-order chi connectivity index (χ0) is 20.2. The van der Waals surface area contributed by atoms with E-state index >= 15 is 0 Å². The van der Waals surface area contributed by atoms with Crippen LogP contribution in [-0.2, 0) is 16.3 Å². The molecule has 8 nitrogen and oxygen atoms in total. The maximum atomic E-state index is 12.3. The summed E-state index contributed by atoms with van der Waals surface area (Å²) in [7, 11) is 0. The van der Waals surface area contributed by atoms with E-state index in [1.54, 1.807) is 36.4 Å². The summed E-state index contributed by atoms with van der Waals surface area (Å²) in [6.07, 6.45) is 3.53. The Kier molecular flexibility index (Phi) is 5.44. The van der Waals surface area contributed by atoms with Crippen LogP contribution in [0.3, 0.4) is 0 Å². The zero-order valence-electron chi connectivity index (χ0n) is 15.2. The number of nitrogens with zero attached hydrogens (tertiary/aromatic N) is 3. The molecule has 0 saturated heterocycles. The molecule has 0 fully saturated rings. The number of fused-ring (bicyclic) bond motifs is 2. The Morgan fingerprint density at radius 2 is 2.07 bits per heavy atom. The fourth-order valence-electron chi connectivity index (χ4n) is 2.79. The Morgan fingerprint density at radius 1 is 1.24 bits per heavy atom. The van der Waals surface area contributed by atoms with E-state index in [2.05, 4.69) is 10.3 Å². The quantitative estimate of drug-likeness (QED) is 0.479. The first kappa shape index (κ1) is 18.9. The lowest BCUT2D eigenvalue weighted by Crippen LogP contribution is -2.26. The van der Waals surface area contributed by atoms with Crippen molar-refractivity contribution >= 4 is 34.5 Å². The van der Waals surface area contributed by atoms with Crippen LogP contribution in [-0.4, -0.2) is 34.2 Å². The van der Waals surface area contributed by atoms with Gasteiger partial charge in [-0.3, -0.25) is 4.79 Å². The Hall–Kier alpha value is -3.39. The van der Waals surface area contributed by atoms with Crippen LogP contribution in [0.4, 0.5) is 0 Å². The average molecular weight is 414 g/mol. The summed E-state index contributed by atoms with van der Waals surface area (Å²) < 4.78 is 17.3. The number of carbonyl (C=O) groups is 1. The predicted octanol–water partition coefficient (Wildman–Crippen LogP) is 2.82. The third kappa shape index (κ3) is 4.22. The maximum absolute atomic E-state index is 12.3. The fourth-order valence-corrected chi connectivity index (χ4v) is 3.07. The van der Waals surface area contributed by atoms with Crippen LogP contribution < -0.4 is 15.0 Å². The summed E-state index contributed by atoms with van der Waals surface area (Å²) >= 11 is 6.23. The number of rotatable bonds is 4. The number of hydrogen-bond donors (Lipinski definition) is 0. The van der Waals surface area contributed by atoms with Crippen LogP contribution in [0.1, 0.15) is 12.0 Å². The van der Waals surface area contributed by atoms with Gasteiger partial charge in [-0.25, -0.2) is 4.79 Å². The smallest absolute Gasteiger partial charge is 0.332 e. The average Bonchev–Trinajstić information content (AvgIpc) is 2.98. The molecule has 0 radical (unpaired) electrons. The number of ether oxygens (including phenoxy) is 3. The summed E-state index contributed by atoms with van der Waals surface area (Å²) in [5, 5.41) is 8.50. The molecule has 0 N–H and O–H groups in total. The van der Waals surface area contributed by atoms with Gasteiger partial charge in [-0.2, -0.15) is 4.68 Å². The molecule has 0 aliphatic carbocycles. The minimum absolute atomic E-state index is 0.345. The van der Waals surface area contributed by atoms with Gasteiger partial charge in [0.05, 0.1) is 23.6 Å². The second kappa shape index (κ2) is 8.32. The van der Waals surface area contributed by atoms with Gasteiger partial charge in [0.25, 0.3) is 5.56 Å². The molecular weight excluding hydrogens is 398 g/mol. The molecule has 0 unspecified atom stereocenters. The third-order valence-electron chi connectivity index (χ3n) is 4.19. The molecule has 0 bridgehead atoms. The molecule has 4 rings (SSSR count). The van der Waals surface area contributed by atoms with Crippen molar-refractivity contribution in [3.63, 3.8) is 0 Å². The number of benzene rings is 2. The van der Waals surface area contributed by atoms with Crippen LogP contribution in [0, 0.1) is 0 Å². The van der Waals surface area contributed by atoms with Gasteiger partial charge in [-0.1, -0.05) is 28.9 Å². The van der Waals surface area contributed by atoms with E-state index in [1.165, 1.54) is 12.2 Å². The SMILES string of the molecule is O=C(/C=C/c1cc(Cl)c2c(c1)OCCCO2)OCn1nnc2ccccc2c1=O. The first-order valence-electron chi connectivity index (χ1n) is 8.88. The maximum Gasteiger partial charge on any atom is 0.332 e. The second-order valence-corrected chi connectivity index (χ2v) is 6.62. The van der Waals surface area contributed by atoms with E-state index in [4.69, 9.17) is 25.8 Å². The van der Waals surface area contributed by atoms with Crippen molar-refractivity contribution < 1.29 is 19.0 Å². The standard InChI is InChI=1S/C20H16ClN3O5/c21-15-10-13(11-17-19(15)28-9-3-8-27-17)6-7-18(25)29-12-24-20(26)14-4-1-2-5-16(14)22-23-24/h1-2,4-7,10-11H,3,8-9,12H2/b7-6+. The highest BCUT2D eigenvalue weighted by Gasteiger charge is 2.15. The molecule has 2 aromatic carbocycles. The predicted molar refractivity (Wildman–Crippen MR) is 106 cm³/mol. The van der Waals surface area contributed by atoms with Gasteiger partial charge in [-0.05, 0) is 35.9 Å². The minimum Gasteiger partial charge on any atom is -0.489 e. The monoisotopic (exact) mass is 413 g/mol. The first-order chi connectivity index (χ1) is 14.1. The molecule has 0 amide bonds. The number of aromatic nitrogens is 3. The van der Waals surface area contributed by atoms with E-state index in [0.29, 0.717) is 46.2 Å². The Balaban J connectivity index is 1.44. The molecule has 0 atom stereocenters. The molecule has 148 valence electrons. The van der Waals surface area contributed by atoms with Gasteiger partial charge < -0.3 is 14.2 Å². The Bertz CT molecular complexity index is 1160. The summed E-state index contributed by atoms with van der Waals surface area (Å²) in [5.74, 6) is 0.384. The topological polar surface area (TPSA) is 92.5 Å². The molecule has 1 aliphatic heterocycles. The lowest BCUT2D eigenvalue weighted by Gasteiger charge is -2.10. The molecule has 2 heterocycles. The van der Waals surface area contributed by atoms with Crippen LogP contribution in [0.25, 0.3) is 17.0 Å². The summed E-state index contributed by atoms with van der Waals surface area (Å²) in [4.78, 5) is 24.4. The minimum atomic E-state index is -0.643. The second-order valence-electron chi connectivity index (χ2n) is 6.22. The molecule has 1 aromatic heterocycles. The number of hydrogen-bond acceptors (Lipinski definition) is 7. The van der Waals surface area contributed by atoms with Crippen LogP contribution in [0.15, 0.2) is 47.3 Å². The van der Waals surface area contributed by atoms with E-state index < -0.39 is 5.97 Å². The molecule has 3 aromatic rings. The first-order valence-corrected chi connectivity index (χ1v) is 9.26. The van der Waals surface area contributed by atoms with Crippen molar-refractivity contribution in [3.8, 4) is 11.5 Å². The molecule has 0 spiro atoms. The highest BCUT2D eigenvalue weighted by Crippen LogP contribution is 2.38. The lowest BCUT2D eigenvalue weighted by atomic mass is 10.2. The van der Waals surface area contributed by atoms with Gasteiger partial charge in [-0.15, -0.1) is 5.10 Å². The van der Waals surface area contributed by atoms with Gasteiger partial charge in [0.1, 0.15) is 5.52 Å². The zero-order valence-corrected chi connectivity index (χ0v) is 16.0. The van der Waals surface area contributed by atoms with Crippen molar-refractivity contribution in [1.82, 2.24) is 15.0 Å². The highest BCUT2D eigenvalue weighted by atomic mass is 35.5. The Morgan fingerprint density at radius 3 is 2.97 bits per heavy atom. The van der Waals surface area contributed by atoms with Gasteiger partial charge in [0.2, 0.25) is 0 Å². The largest absolute Gasteiger partial charge is 0.489 e. The van der Waals surface area contributed by atoms with Crippen molar-refractivity contribution in [2.75, 3.05) is 13.2 Å². The van der Waals surface area contributed by atoms with Crippen LogP contribution >= 0.6 is 11.6 Å². The van der Waals surface area contributed by atoms with E-state index in [1.807, 2.05) is 0 Å². The van der Waals surface area contributed by atoms with Crippen molar-refractivity contribution in [2.24, 2.45) is 0 Å². The third-order valence-corrected chi connectivity index (χ3v) is 4.48. The van der Waals surface area contributed by atoms with Crippen LogP contribution in [0.2, 0.25) is 5.02 Å². The number of esters is 1. The highest BCUT2D eigenvalue weighted by molar-refractivity contribution is 6.32. The van der Waals surface area contributed by atoms with E-state index in [-0.39, 0.29) is 12.3 Å². The summed E-state index contributed by atoms with van der Waals surface area (Å²) in [6, 6.07) is 10.2. The number of carbonyl (C=O) groups excluding carboxylic acids is 1. The van der Waals surface area contributed by atoms with Crippen molar-refractivity contribution in [1.29, 1.82) is 0 Å². The molecule has 29 heavy (non-hydrogen) atoms. The van der Waals surface area contributed by atoms with Crippen LogP contribution in [0.5, 0.6) is 11.5 Å². The molecule has 1 aliphatic rings. The van der Waals surface area contributed by atoms with Gasteiger partial charge in [0.15, 0.2) is 18.2 Å². The fraction of sp³-hybridized carbons (Fsp3) is 0.200. The summed E-state index contributed by atoms with van der Waals surface area (Å²) in [5.41, 5.74) is 0.743. The molecule has 9 heteroatoms. The summed E-state index contributed by atoms with van der Waals surface area (Å²) in [6.45, 7) is 0.715. The molecule has 0 saturated carbocycles. The van der Waals surface area contributed by atoms with E-state index in [9.17, 15) is 9.59 Å². The van der Waals surface area contributed by atoms with E-state index in [0.717, 1.165) is 11.1 Å². The molecular formula is C20H16ClN3O5. The van der Waals surface area contributed by atoms with Crippen molar-refractivity contribution in [3.05, 3.63) is 63.4 Å². The normalized spacial score (nSPS) is 13.4. The van der Waals surface area contributed by atoms with Gasteiger partial charge in [0, 0.05) is 12.5 Å².